The molecule has 1 amide bonds. The van der Waals surface area contributed by atoms with Crippen LogP contribution < -0.4 is 4.74 Å². The second kappa shape index (κ2) is 6.17. The van der Waals surface area contributed by atoms with Crippen LogP contribution in [0.4, 0.5) is 10.5 Å². The van der Waals surface area contributed by atoms with Gasteiger partial charge in [0, 0.05) is 23.4 Å². The minimum Gasteiger partial charge on any atom is -0.410 e. The summed E-state index contributed by atoms with van der Waals surface area (Å²) in [4.78, 5) is 38.6. The van der Waals surface area contributed by atoms with Crippen molar-refractivity contribution in [2.45, 2.75) is 13.8 Å². The normalized spacial score (nSPS) is 14.0. The maximum Gasteiger partial charge on any atom is 0.420 e. The number of rotatable bonds is 3. The van der Waals surface area contributed by atoms with Crippen molar-refractivity contribution >= 4 is 23.9 Å². The monoisotopic (exact) mass is 303 g/mol. The van der Waals surface area contributed by atoms with Crippen LogP contribution in [0.1, 0.15) is 13.8 Å². The molecule has 1 heterocycles. The maximum absolute atomic E-state index is 12.0. The molecule has 1 aromatic carbocycles. The molecule has 22 heavy (non-hydrogen) atoms. The van der Waals surface area contributed by atoms with Crippen LogP contribution in [-0.4, -0.2) is 34.6 Å². The summed E-state index contributed by atoms with van der Waals surface area (Å²) in [6.07, 6.45) is 0.569. The van der Waals surface area contributed by atoms with Crippen LogP contribution in [0.3, 0.4) is 0 Å². The number of carbonyl (C=O) groups excluding carboxylic acids is 2. The summed E-state index contributed by atoms with van der Waals surface area (Å²) in [5, 5.41) is 10.5. The summed E-state index contributed by atoms with van der Waals surface area (Å²) >= 11 is 0. The number of nitro groups is 1. The van der Waals surface area contributed by atoms with Gasteiger partial charge in [0.15, 0.2) is 5.78 Å². The van der Waals surface area contributed by atoms with Crippen molar-refractivity contribution in [1.82, 2.24) is 4.90 Å². The van der Waals surface area contributed by atoms with Gasteiger partial charge in [-0.1, -0.05) is 0 Å². The van der Waals surface area contributed by atoms with Gasteiger partial charge in [-0.3, -0.25) is 19.8 Å². The van der Waals surface area contributed by atoms with Crippen molar-refractivity contribution in [2.75, 3.05) is 6.54 Å². The van der Waals surface area contributed by atoms with E-state index in [-0.39, 0.29) is 23.8 Å². The molecule has 1 aromatic rings. The SMILES string of the molecule is CC(=O)C1=C(C)N=CN(C(=O)Oc2ccc([N+](=O)[O-])cc2)C1. The zero-order valence-corrected chi connectivity index (χ0v) is 12.0. The summed E-state index contributed by atoms with van der Waals surface area (Å²) in [6, 6.07) is 5.12. The highest BCUT2D eigenvalue weighted by Gasteiger charge is 2.22. The van der Waals surface area contributed by atoms with Crippen molar-refractivity contribution < 1.29 is 19.2 Å². The van der Waals surface area contributed by atoms with Gasteiger partial charge in [-0.2, -0.15) is 0 Å². The summed E-state index contributed by atoms with van der Waals surface area (Å²) in [5.41, 5.74) is 0.895. The Morgan fingerprint density at radius 2 is 1.95 bits per heavy atom. The summed E-state index contributed by atoms with van der Waals surface area (Å²) in [7, 11) is 0. The number of carbonyl (C=O) groups is 2. The topological polar surface area (TPSA) is 102 Å². The molecule has 1 aliphatic rings. The predicted octanol–water partition coefficient (Wildman–Crippen LogP) is 2.30. The van der Waals surface area contributed by atoms with Gasteiger partial charge in [0.05, 0.1) is 11.5 Å². The van der Waals surface area contributed by atoms with Gasteiger partial charge >= 0.3 is 6.09 Å². The molecule has 0 fully saturated rings. The van der Waals surface area contributed by atoms with E-state index in [2.05, 4.69) is 4.99 Å². The smallest absolute Gasteiger partial charge is 0.410 e. The average molecular weight is 303 g/mol. The van der Waals surface area contributed by atoms with Crippen LogP contribution >= 0.6 is 0 Å². The molecule has 0 atom stereocenters. The zero-order chi connectivity index (χ0) is 16.3. The molecule has 8 nitrogen and oxygen atoms in total. The second-order valence-corrected chi connectivity index (χ2v) is 4.61. The molecule has 0 saturated carbocycles. The molecule has 8 heteroatoms. The third-order valence-corrected chi connectivity index (χ3v) is 3.07. The van der Waals surface area contributed by atoms with E-state index in [1.165, 1.54) is 37.5 Å². The third kappa shape index (κ3) is 3.35. The van der Waals surface area contributed by atoms with E-state index in [9.17, 15) is 19.7 Å². The molecule has 0 aromatic heterocycles. The fourth-order valence-corrected chi connectivity index (χ4v) is 1.83. The molecule has 0 saturated heterocycles. The third-order valence-electron chi connectivity index (χ3n) is 3.07. The van der Waals surface area contributed by atoms with Crippen LogP contribution in [0.15, 0.2) is 40.5 Å². The van der Waals surface area contributed by atoms with Crippen LogP contribution in [0.25, 0.3) is 0 Å². The van der Waals surface area contributed by atoms with Gasteiger partial charge in [-0.05, 0) is 26.0 Å². The molecule has 2 rings (SSSR count). The number of benzene rings is 1. The lowest BCUT2D eigenvalue weighted by Crippen LogP contribution is -2.37. The Morgan fingerprint density at radius 1 is 1.32 bits per heavy atom. The lowest BCUT2D eigenvalue weighted by Gasteiger charge is -2.22. The van der Waals surface area contributed by atoms with Gasteiger partial charge in [-0.25, -0.2) is 9.79 Å². The van der Waals surface area contributed by atoms with Gasteiger partial charge in [-0.15, -0.1) is 0 Å². The first kappa shape index (κ1) is 15.4. The minimum atomic E-state index is -0.719. The van der Waals surface area contributed by atoms with E-state index >= 15 is 0 Å². The molecule has 0 spiro atoms. The van der Waals surface area contributed by atoms with Gasteiger partial charge in [0.25, 0.3) is 5.69 Å². The van der Waals surface area contributed by atoms with Gasteiger partial charge in [0.1, 0.15) is 12.1 Å². The Morgan fingerprint density at radius 3 is 2.50 bits per heavy atom. The number of hydrogen-bond acceptors (Lipinski definition) is 6. The minimum absolute atomic E-state index is 0.0798. The molecule has 0 bridgehead atoms. The fourth-order valence-electron chi connectivity index (χ4n) is 1.83. The highest BCUT2D eigenvalue weighted by atomic mass is 16.6. The summed E-state index contributed by atoms with van der Waals surface area (Å²) < 4.78 is 5.09. The van der Waals surface area contributed by atoms with E-state index < -0.39 is 11.0 Å². The van der Waals surface area contributed by atoms with Crippen molar-refractivity contribution in [1.29, 1.82) is 0 Å². The Balaban J connectivity index is 2.06. The molecule has 0 unspecified atom stereocenters. The first-order chi connectivity index (χ1) is 10.4. The standard InChI is InChI=1S/C14H13N3O5/c1-9-13(10(2)18)7-16(8-15-9)14(19)22-12-5-3-11(4-6-12)17(20)21/h3-6,8H,7H2,1-2H3. The van der Waals surface area contributed by atoms with E-state index in [4.69, 9.17) is 4.74 Å². The zero-order valence-electron chi connectivity index (χ0n) is 12.0. The number of nitro benzene ring substituents is 1. The number of ether oxygens (including phenoxy) is 1. The van der Waals surface area contributed by atoms with Crippen molar-refractivity contribution in [2.24, 2.45) is 4.99 Å². The quantitative estimate of drug-likeness (QED) is 0.629. The second-order valence-electron chi connectivity index (χ2n) is 4.61. The highest BCUT2D eigenvalue weighted by Crippen LogP contribution is 2.19. The molecule has 114 valence electrons. The molecular weight excluding hydrogens is 290 g/mol. The van der Waals surface area contributed by atoms with E-state index in [0.29, 0.717) is 11.3 Å². The van der Waals surface area contributed by atoms with E-state index in [1.54, 1.807) is 6.92 Å². The van der Waals surface area contributed by atoms with Crippen LogP contribution in [0.5, 0.6) is 5.75 Å². The number of aliphatic imine (C=N–C) groups is 1. The first-order valence-electron chi connectivity index (χ1n) is 6.36. The van der Waals surface area contributed by atoms with Gasteiger partial charge in [0.2, 0.25) is 0 Å². The fraction of sp³-hybridized carbons (Fsp3) is 0.214. The highest BCUT2D eigenvalue weighted by molar-refractivity contribution is 5.97. The number of ketones is 1. The van der Waals surface area contributed by atoms with Crippen molar-refractivity contribution in [3.63, 3.8) is 0 Å². The van der Waals surface area contributed by atoms with Crippen LogP contribution in [0.2, 0.25) is 0 Å². The van der Waals surface area contributed by atoms with E-state index in [1.807, 2.05) is 0 Å². The number of nitrogens with zero attached hydrogens (tertiary/aromatic N) is 3. The lowest BCUT2D eigenvalue weighted by atomic mass is 10.1. The number of amides is 1. The van der Waals surface area contributed by atoms with Gasteiger partial charge < -0.3 is 4.74 Å². The number of Topliss-reactive ketones (excluding diaryl/α,β-unsaturated/α-hetero) is 1. The molecular formula is C14H13N3O5. The summed E-state index contributed by atoms with van der Waals surface area (Å²) in [5.74, 6) is 0.00198. The summed E-state index contributed by atoms with van der Waals surface area (Å²) in [6.45, 7) is 3.17. The number of allylic oxidation sites excluding steroid dienone is 1. The largest absolute Gasteiger partial charge is 0.420 e. The molecule has 1 aliphatic heterocycles. The Kier molecular flexibility index (Phi) is 4.31. The van der Waals surface area contributed by atoms with Crippen LogP contribution in [0, 0.1) is 10.1 Å². The first-order valence-corrected chi connectivity index (χ1v) is 6.36. The number of non-ortho nitro benzene ring substituents is 1. The van der Waals surface area contributed by atoms with E-state index in [0.717, 1.165) is 4.90 Å². The Bertz CT molecular complexity index is 691. The Hall–Kier alpha value is -3.03. The predicted molar refractivity (Wildman–Crippen MR) is 77.7 cm³/mol. The van der Waals surface area contributed by atoms with Crippen molar-refractivity contribution in [3.8, 4) is 5.75 Å². The van der Waals surface area contributed by atoms with Crippen molar-refractivity contribution in [3.05, 3.63) is 45.6 Å². The molecule has 0 N–H and O–H groups in total. The molecule has 0 radical (unpaired) electrons. The van der Waals surface area contributed by atoms with Crippen LogP contribution in [-0.2, 0) is 4.79 Å². The average Bonchev–Trinajstić information content (AvgIpc) is 2.47. The Labute approximate surface area is 125 Å². The molecule has 0 aliphatic carbocycles. The maximum atomic E-state index is 12.0. The number of hydrogen-bond donors (Lipinski definition) is 0. The lowest BCUT2D eigenvalue weighted by molar-refractivity contribution is -0.384.